The van der Waals surface area contributed by atoms with E-state index in [0.29, 0.717) is 0 Å². The summed E-state index contributed by atoms with van der Waals surface area (Å²) in [6.45, 7) is 0. The molecule has 0 radical (unpaired) electrons. The highest BCUT2D eigenvalue weighted by Gasteiger charge is 2.51. The Kier molecular flexibility index (Phi) is 5.67. The molecule has 0 fully saturated rings. The molecule has 248 valence electrons. The highest BCUT2D eigenvalue weighted by molar-refractivity contribution is 6.10. The lowest BCUT2D eigenvalue weighted by Gasteiger charge is -2.39. The van der Waals surface area contributed by atoms with Crippen LogP contribution in [-0.4, -0.2) is 0 Å². The van der Waals surface area contributed by atoms with E-state index in [1.807, 2.05) is 18.2 Å². The second kappa shape index (κ2) is 10.5. The maximum absolute atomic E-state index is 6.90. The summed E-state index contributed by atoms with van der Waals surface area (Å²) in [4.78, 5) is 2.28. The summed E-state index contributed by atoms with van der Waals surface area (Å²) in [6, 6.07) is 62.1. The number of ether oxygens (including phenoxy) is 1. The number of para-hydroxylation sites is 3. The molecule has 8 aromatic carbocycles. The zero-order valence-electron chi connectivity index (χ0n) is 28.4. The molecule has 0 saturated carbocycles. The first-order valence-corrected chi connectivity index (χ1v) is 18.0. The molecule has 0 saturated heterocycles. The Labute approximate surface area is 304 Å². The zero-order chi connectivity index (χ0) is 34.7. The predicted octanol–water partition coefficient (Wildman–Crippen LogP) is 13.4. The van der Waals surface area contributed by atoms with Gasteiger partial charge in [0.05, 0.1) is 5.41 Å². The smallest absolute Gasteiger partial charge is 0.178 e. The highest BCUT2D eigenvalue weighted by atomic mass is 16.5. The number of anilines is 3. The summed E-state index contributed by atoms with van der Waals surface area (Å²) < 4.78 is 20.1. The van der Waals surface area contributed by atoms with Crippen molar-refractivity contribution in [1.82, 2.24) is 0 Å². The number of furan rings is 2. The van der Waals surface area contributed by atoms with E-state index in [0.717, 1.165) is 83.6 Å². The third kappa shape index (κ3) is 3.79. The van der Waals surface area contributed by atoms with Crippen LogP contribution in [-0.2, 0) is 5.41 Å². The molecule has 1 aliphatic carbocycles. The van der Waals surface area contributed by atoms with E-state index in [9.17, 15) is 0 Å². The summed E-state index contributed by atoms with van der Waals surface area (Å²) in [7, 11) is 0. The number of rotatable bonds is 3. The van der Waals surface area contributed by atoms with Crippen molar-refractivity contribution in [2.24, 2.45) is 0 Å². The van der Waals surface area contributed by atoms with Crippen molar-refractivity contribution in [3.63, 3.8) is 0 Å². The Balaban J connectivity index is 1.08. The van der Waals surface area contributed by atoms with Crippen LogP contribution in [0, 0.1) is 0 Å². The van der Waals surface area contributed by atoms with Crippen molar-refractivity contribution >= 4 is 60.9 Å². The first-order chi connectivity index (χ1) is 26.3. The molecule has 2 aliphatic rings. The molecule has 12 rings (SSSR count). The zero-order valence-corrected chi connectivity index (χ0v) is 28.4. The van der Waals surface area contributed by atoms with Crippen LogP contribution >= 0.6 is 0 Å². The van der Waals surface area contributed by atoms with Crippen LogP contribution in [0.3, 0.4) is 0 Å². The summed E-state index contributed by atoms with van der Waals surface area (Å²) in [5.41, 5.74) is 13.1. The van der Waals surface area contributed by atoms with E-state index in [2.05, 4.69) is 163 Å². The van der Waals surface area contributed by atoms with Crippen molar-refractivity contribution in [3.8, 4) is 22.6 Å². The van der Waals surface area contributed by atoms with E-state index in [4.69, 9.17) is 13.6 Å². The lowest BCUT2D eigenvalue weighted by molar-refractivity contribution is 0.432. The number of nitrogens with zero attached hydrogens (tertiary/aromatic N) is 1. The van der Waals surface area contributed by atoms with Crippen LogP contribution in [0.25, 0.3) is 55.0 Å². The van der Waals surface area contributed by atoms with Gasteiger partial charge in [-0.25, -0.2) is 0 Å². The molecule has 1 spiro atoms. The second-order valence-electron chi connectivity index (χ2n) is 14.0. The van der Waals surface area contributed by atoms with Gasteiger partial charge < -0.3 is 18.5 Å². The van der Waals surface area contributed by atoms with Gasteiger partial charge in [0.25, 0.3) is 0 Å². The minimum Gasteiger partial charge on any atom is -0.456 e. The minimum absolute atomic E-state index is 0.547. The SMILES string of the molecule is c1ccc(N(c2ccc3c(c2)oc2ccccc23)c2ccc3oc4c5c(ccc4c3c2)C2(c3ccccc3O5)c3ccccc3-c3ccccc32)cc1. The van der Waals surface area contributed by atoms with Gasteiger partial charge in [0, 0.05) is 55.8 Å². The standard InChI is InChI=1S/C49H29NO3/c1-2-12-30(13-3-1)50(32-22-24-36-35-16-6-10-20-43(35)51-46(36)29-32)31-23-27-44-38(28-31)37-25-26-42-48(47(37)52-44)53-45-21-11-9-19-41(45)49(42)39-17-7-4-14-33(39)34-15-5-8-18-40(34)49/h1-29H. The van der Waals surface area contributed by atoms with E-state index in [1.54, 1.807) is 0 Å². The molecule has 2 aromatic heterocycles. The highest BCUT2D eigenvalue weighted by Crippen LogP contribution is 2.63. The normalized spacial score (nSPS) is 13.6. The van der Waals surface area contributed by atoms with Gasteiger partial charge in [-0.3, -0.25) is 0 Å². The number of benzene rings is 8. The number of fused-ring (bicyclic) bond motifs is 16. The minimum atomic E-state index is -0.547. The van der Waals surface area contributed by atoms with Crippen molar-refractivity contribution in [1.29, 1.82) is 0 Å². The van der Waals surface area contributed by atoms with Gasteiger partial charge in [0.1, 0.15) is 22.5 Å². The van der Waals surface area contributed by atoms with E-state index >= 15 is 0 Å². The Bertz CT molecular complexity index is 3070. The second-order valence-corrected chi connectivity index (χ2v) is 14.0. The summed E-state index contributed by atoms with van der Waals surface area (Å²) in [5.74, 6) is 1.61. The van der Waals surface area contributed by atoms with Crippen molar-refractivity contribution in [3.05, 3.63) is 198 Å². The number of hydrogen-bond acceptors (Lipinski definition) is 4. The van der Waals surface area contributed by atoms with Crippen LogP contribution in [0.4, 0.5) is 17.1 Å². The molecule has 0 atom stereocenters. The summed E-state index contributed by atoms with van der Waals surface area (Å²) >= 11 is 0. The molecule has 4 heteroatoms. The van der Waals surface area contributed by atoms with Crippen LogP contribution < -0.4 is 9.64 Å². The van der Waals surface area contributed by atoms with Gasteiger partial charge in [0.2, 0.25) is 0 Å². The fourth-order valence-corrected chi connectivity index (χ4v) is 9.15. The molecule has 53 heavy (non-hydrogen) atoms. The molecule has 0 N–H and O–H groups in total. The van der Waals surface area contributed by atoms with Crippen LogP contribution in [0.1, 0.15) is 22.3 Å². The topological polar surface area (TPSA) is 38.8 Å². The third-order valence-corrected chi connectivity index (χ3v) is 11.3. The first-order valence-electron chi connectivity index (χ1n) is 18.0. The molecule has 4 nitrogen and oxygen atoms in total. The fourth-order valence-electron chi connectivity index (χ4n) is 9.15. The van der Waals surface area contributed by atoms with E-state index in [1.165, 1.54) is 22.3 Å². The number of hydrogen-bond donors (Lipinski definition) is 0. The summed E-state index contributed by atoms with van der Waals surface area (Å²) in [5, 5.41) is 4.25. The molecule has 0 unspecified atom stereocenters. The van der Waals surface area contributed by atoms with Crippen molar-refractivity contribution < 1.29 is 13.6 Å². The van der Waals surface area contributed by atoms with Crippen molar-refractivity contribution in [2.45, 2.75) is 5.41 Å². The third-order valence-electron chi connectivity index (χ3n) is 11.3. The molecule has 0 bridgehead atoms. The Morgan fingerprint density at radius 2 is 1.00 bits per heavy atom. The Hall–Kier alpha value is -7.04. The van der Waals surface area contributed by atoms with Gasteiger partial charge in [-0.2, -0.15) is 0 Å². The molecule has 1 aliphatic heterocycles. The fraction of sp³-hybridized carbons (Fsp3) is 0.0204. The Morgan fingerprint density at radius 1 is 0.377 bits per heavy atom. The predicted molar refractivity (Wildman–Crippen MR) is 213 cm³/mol. The maximum atomic E-state index is 6.90. The lowest BCUT2D eigenvalue weighted by Crippen LogP contribution is -2.32. The molecule has 10 aromatic rings. The molecular formula is C49H29NO3. The van der Waals surface area contributed by atoms with Crippen LogP contribution in [0.5, 0.6) is 11.5 Å². The van der Waals surface area contributed by atoms with Gasteiger partial charge in [-0.15, -0.1) is 0 Å². The molecular weight excluding hydrogens is 651 g/mol. The van der Waals surface area contributed by atoms with Crippen LogP contribution in [0.2, 0.25) is 0 Å². The van der Waals surface area contributed by atoms with Crippen molar-refractivity contribution in [2.75, 3.05) is 4.90 Å². The van der Waals surface area contributed by atoms with Gasteiger partial charge in [0.15, 0.2) is 11.3 Å². The van der Waals surface area contributed by atoms with Gasteiger partial charge in [-0.05, 0) is 82.9 Å². The lowest BCUT2D eigenvalue weighted by atomic mass is 9.66. The van der Waals surface area contributed by atoms with Gasteiger partial charge in [-0.1, -0.05) is 109 Å². The molecule has 0 amide bonds. The first kappa shape index (κ1) is 28.6. The Morgan fingerprint density at radius 3 is 1.83 bits per heavy atom. The molecule has 3 heterocycles. The van der Waals surface area contributed by atoms with E-state index < -0.39 is 5.41 Å². The quantitative estimate of drug-likeness (QED) is 0.186. The monoisotopic (exact) mass is 679 g/mol. The average Bonchev–Trinajstić information content (AvgIpc) is 3.87. The van der Waals surface area contributed by atoms with E-state index in [-0.39, 0.29) is 0 Å². The van der Waals surface area contributed by atoms with Crippen LogP contribution in [0.15, 0.2) is 185 Å². The average molecular weight is 680 g/mol. The largest absolute Gasteiger partial charge is 0.456 e. The maximum Gasteiger partial charge on any atom is 0.178 e. The summed E-state index contributed by atoms with van der Waals surface area (Å²) in [6.07, 6.45) is 0. The van der Waals surface area contributed by atoms with Gasteiger partial charge >= 0.3 is 0 Å².